The van der Waals surface area contributed by atoms with Gasteiger partial charge >= 0.3 is 6.09 Å². The van der Waals surface area contributed by atoms with E-state index in [-0.39, 0.29) is 25.5 Å². The highest BCUT2D eigenvalue weighted by Crippen LogP contribution is 2.31. The normalized spacial score (nSPS) is 11.6. The van der Waals surface area contributed by atoms with Crippen LogP contribution in [0.1, 0.15) is 18.1 Å². The van der Waals surface area contributed by atoms with E-state index in [1.807, 2.05) is 18.4 Å². The number of carbonyl (C=O) groups excluding carboxylic acids is 2. The van der Waals surface area contributed by atoms with Gasteiger partial charge in [-0.25, -0.2) is 4.79 Å². The van der Waals surface area contributed by atoms with E-state index in [1.165, 1.54) is 6.08 Å². The van der Waals surface area contributed by atoms with Crippen LogP contribution in [-0.4, -0.2) is 36.6 Å². The van der Waals surface area contributed by atoms with E-state index >= 15 is 0 Å². The standard InChI is InChI=1S/C27H29N3O5S/c1-36-20-15-13-19(14-16-20)29-27(33)35-25(21-7-2-5-10-24(21)34-18-17-31)11-6-12-26(32)30-23-9-4-3-8-22(23)28/h2-10,12-16,25,31H,11,17-18,28H2,1H3,(H,29,33)(H,30,32)/b12-6+/t25-/m1/s1. The smallest absolute Gasteiger partial charge is 0.412 e. The highest BCUT2D eigenvalue weighted by Gasteiger charge is 2.20. The average Bonchev–Trinajstić information content (AvgIpc) is 2.89. The van der Waals surface area contributed by atoms with E-state index in [1.54, 1.807) is 78.5 Å². The molecule has 0 aliphatic rings. The van der Waals surface area contributed by atoms with Gasteiger partial charge in [0.25, 0.3) is 0 Å². The van der Waals surface area contributed by atoms with Gasteiger partial charge in [-0.15, -0.1) is 11.8 Å². The Morgan fingerprint density at radius 1 is 1.03 bits per heavy atom. The van der Waals surface area contributed by atoms with Crippen molar-refractivity contribution in [1.29, 1.82) is 0 Å². The number of amides is 2. The van der Waals surface area contributed by atoms with Gasteiger partial charge in [0.05, 0.1) is 18.0 Å². The minimum atomic E-state index is -0.754. The number of nitrogen functional groups attached to an aromatic ring is 1. The Kier molecular flexibility index (Phi) is 10.2. The van der Waals surface area contributed by atoms with Crippen molar-refractivity contribution in [3.8, 4) is 5.75 Å². The Labute approximate surface area is 214 Å². The van der Waals surface area contributed by atoms with E-state index in [0.29, 0.717) is 28.4 Å². The van der Waals surface area contributed by atoms with Gasteiger partial charge in [0, 0.05) is 22.6 Å². The summed E-state index contributed by atoms with van der Waals surface area (Å²) in [5.74, 6) is 0.110. The number of anilines is 3. The van der Waals surface area contributed by atoms with Crippen LogP contribution in [-0.2, 0) is 9.53 Å². The Hall–Kier alpha value is -3.95. The molecule has 9 heteroatoms. The molecule has 5 N–H and O–H groups in total. The molecule has 0 unspecified atom stereocenters. The maximum absolute atomic E-state index is 12.7. The summed E-state index contributed by atoms with van der Waals surface area (Å²) in [6.45, 7) is -0.0659. The minimum absolute atomic E-state index is 0.0917. The third kappa shape index (κ3) is 8.07. The number of benzene rings is 3. The van der Waals surface area contributed by atoms with Crippen LogP contribution in [0.2, 0.25) is 0 Å². The van der Waals surface area contributed by atoms with Crippen molar-refractivity contribution >= 4 is 40.8 Å². The van der Waals surface area contributed by atoms with Crippen LogP contribution in [0.4, 0.5) is 21.9 Å². The van der Waals surface area contributed by atoms with E-state index in [0.717, 1.165) is 4.90 Å². The molecule has 0 aromatic heterocycles. The van der Waals surface area contributed by atoms with Gasteiger partial charge in [0.1, 0.15) is 18.5 Å². The Balaban J connectivity index is 1.73. The third-order valence-electron chi connectivity index (χ3n) is 5.04. The SMILES string of the molecule is CSc1ccc(NC(=O)O[C@H](C/C=C/C(=O)Nc2ccccc2N)c2ccccc2OCCO)cc1. The van der Waals surface area contributed by atoms with Crippen LogP contribution in [0.3, 0.4) is 0 Å². The summed E-state index contributed by atoms with van der Waals surface area (Å²) in [7, 11) is 0. The first-order chi connectivity index (χ1) is 17.5. The summed E-state index contributed by atoms with van der Waals surface area (Å²) >= 11 is 1.60. The lowest BCUT2D eigenvalue weighted by Gasteiger charge is -2.20. The van der Waals surface area contributed by atoms with Crippen molar-refractivity contribution in [2.75, 3.05) is 35.8 Å². The summed E-state index contributed by atoms with van der Waals surface area (Å²) < 4.78 is 11.4. The molecule has 3 aromatic carbocycles. The third-order valence-corrected chi connectivity index (χ3v) is 5.78. The molecule has 36 heavy (non-hydrogen) atoms. The number of rotatable bonds is 11. The van der Waals surface area contributed by atoms with E-state index in [4.69, 9.17) is 20.3 Å². The molecule has 0 aliphatic carbocycles. The lowest BCUT2D eigenvalue weighted by molar-refractivity contribution is -0.111. The minimum Gasteiger partial charge on any atom is -0.491 e. The van der Waals surface area contributed by atoms with Crippen LogP contribution in [0.5, 0.6) is 5.75 Å². The van der Waals surface area contributed by atoms with Gasteiger partial charge in [-0.3, -0.25) is 10.1 Å². The summed E-state index contributed by atoms with van der Waals surface area (Å²) in [6.07, 6.45) is 3.75. The summed E-state index contributed by atoms with van der Waals surface area (Å²) in [6, 6.07) is 21.4. The number of ether oxygens (including phenoxy) is 2. The molecule has 3 aromatic rings. The maximum atomic E-state index is 12.7. The zero-order valence-corrected chi connectivity index (χ0v) is 20.7. The number of hydrogen-bond donors (Lipinski definition) is 4. The van der Waals surface area contributed by atoms with Crippen molar-refractivity contribution in [2.24, 2.45) is 0 Å². The molecular formula is C27H29N3O5S. The fraction of sp³-hybridized carbons (Fsp3) is 0.185. The molecule has 0 bridgehead atoms. The van der Waals surface area contributed by atoms with Crippen LogP contribution < -0.4 is 21.1 Å². The summed E-state index contributed by atoms with van der Waals surface area (Å²) in [4.78, 5) is 26.2. The molecular weight excluding hydrogens is 478 g/mol. The van der Waals surface area contributed by atoms with Crippen molar-refractivity contribution in [3.05, 3.63) is 90.5 Å². The highest BCUT2D eigenvalue weighted by atomic mass is 32.2. The largest absolute Gasteiger partial charge is 0.491 e. The molecule has 0 saturated heterocycles. The number of aliphatic hydroxyl groups excluding tert-OH is 1. The molecule has 0 heterocycles. The van der Waals surface area contributed by atoms with Crippen LogP contribution in [0.15, 0.2) is 89.8 Å². The molecule has 0 fully saturated rings. The number of hydrogen-bond acceptors (Lipinski definition) is 7. The van der Waals surface area contributed by atoms with Crippen molar-refractivity contribution < 1.29 is 24.2 Å². The van der Waals surface area contributed by atoms with Crippen LogP contribution in [0, 0.1) is 0 Å². The monoisotopic (exact) mass is 507 g/mol. The van der Waals surface area contributed by atoms with Gasteiger partial charge in [-0.05, 0) is 54.8 Å². The first kappa shape index (κ1) is 26.7. The van der Waals surface area contributed by atoms with Crippen LogP contribution in [0.25, 0.3) is 0 Å². The number of para-hydroxylation sites is 3. The van der Waals surface area contributed by atoms with E-state index in [2.05, 4.69) is 10.6 Å². The lowest BCUT2D eigenvalue weighted by Crippen LogP contribution is -2.18. The molecule has 3 rings (SSSR count). The molecule has 0 aliphatic heterocycles. The van der Waals surface area contributed by atoms with Gasteiger partial charge in [-0.2, -0.15) is 0 Å². The Bertz CT molecular complexity index is 1180. The second-order valence-electron chi connectivity index (χ2n) is 7.57. The molecule has 0 radical (unpaired) electrons. The molecule has 1 atom stereocenters. The predicted molar refractivity (Wildman–Crippen MR) is 143 cm³/mol. The Morgan fingerprint density at radius 3 is 2.47 bits per heavy atom. The number of carbonyl (C=O) groups is 2. The van der Waals surface area contributed by atoms with Crippen LogP contribution >= 0.6 is 11.8 Å². The predicted octanol–water partition coefficient (Wildman–Crippen LogP) is 5.24. The second-order valence-corrected chi connectivity index (χ2v) is 8.45. The van der Waals surface area contributed by atoms with Crippen molar-refractivity contribution in [1.82, 2.24) is 0 Å². The number of nitrogens with two attached hydrogens (primary N) is 1. The van der Waals surface area contributed by atoms with E-state index in [9.17, 15) is 9.59 Å². The molecule has 0 spiro atoms. The first-order valence-corrected chi connectivity index (χ1v) is 12.5. The summed E-state index contributed by atoms with van der Waals surface area (Å²) in [5.41, 5.74) is 8.04. The number of aliphatic hydroxyl groups is 1. The number of nitrogens with one attached hydrogen (secondary N) is 2. The zero-order valence-electron chi connectivity index (χ0n) is 19.8. The fourth-order valence-corrected chi connectivity index (χ4v) is 3.72. The van der Waals surface area contributed by atoms with Gasteiger partial charge in [-0.1, -0.05) is 36.4 Å². The zero-order chi connectivity index (χ0) is 25.8. The van der Waals surface area contributed by atoms with Crippen molar-refractivity contribution in [3.63, 3.8) is 0 Å². The second kappa shape index (κ2) is 13.8. The average molecular weight is 508 g/mol. The molecule has 188 valence electrons. The quantitative estimate of drug-likeness (QED) is 0.159. The van der Waals surface area contributed by atoms with Crippen molar-refractivity contribution in [2.45, 2.75) is 17.4 Å². The maximum Gasteiger partial charge on any atom is 0.412 e. The highest BCUT2D eigenvalue weighted by molar-refractivity contribution is 7.98. The molecule has 2 amide bonds. The van der Waals surface area contributed by atoms with Gasteiger partial charge < -0.3 is 25.6 Å². The summed E-state index contributed by atoms with van der Waals surface area (Å²) in [5, 5.41) is 14.6. The van der Waals surface area contributed by atoms with Gasteiger partial charge in [0.15, 0.2) is 0 Å². The van der Waals surface area contributed by atoms with E-state index < -0.39 is 12.2 Å². The molecule has 8 nitrogen and oxygen atoms in total. The first-order valence-electron chi connectivity index (χ1n) is 11.3. The van der Waals surface area contributed by atoms with Gasteiger partial charge in [0.2, 0.25) is 5.91 Å². The Morgan fingerprint density at radius 2 is 1.75 bits per heavy atom. The number of thioether (sulfide) groups is 1. The molecule has 0 saturated carbocycles. The fourth-order valence-electron chi connectivity index (χ4n) is 3.31. The topological polar surface area (TPSA) is 123 Å². The lowest BCUT2D eigenvalue weighted by atomic mass is 10.0.